The molecule has 126 valence electrons. The molecule has 0 rings (SSSR count). The van der Waals surface area contributed by atoms with Crippen LogP contribution in [0.1, 0.15) is 84.0 Å². The predicted octanol–water partition coefficient (Wildman–Crippen LogP) is 5.71. The van der Waals surface area contributed by atoms with Gasteiger partial charge in [-0.1, -0.05) is 71.1 Å². The van der Waals surface area contributed by atoms with Crippen LogP contribution in [-0.4, -0.2) is 32.2 Å². The van der Waals surface area contributed by atoms with E-state index < -0.39 is 0 Å². The molecule has 0 atom stereocenters. The van der Waals surface area contributed by atoms with Crippen LogP contribution in [0.4, 0.5) is 4.70 Å². The first-order chi connectivity index (χ1) is 8.56. The van der Waals surface area contributed by atoms with E-state index in [1.807, 2.05) is 0 Å². The van der Waals surface area contributed by atoms with E-state index in [9.17, 15) is 0 Å². The van der Waals surface area contributed by atoms with Crippen molar-refractivity contribution < 1.29 is 9.19 Å². The van der Waals surface area contributed by atoms with E-state index in [1.165, 1.54) is 83.6 Å². The molecule has 0 saturated carbocycles. The number of hydrogen-bond donors (Lipinski definition) is 1. The van der Waals surface area contributed by atoms with Crippen molar-refractivity contribution in [1.29, 1.82) is 0 Å². The van der Waals surface area contributed by atoms with Crippen LogP contribution >= 0.6 is 0 Å². The van der Waals surface area contributed by atoms with E-state index in [1.54, 1.807) is 0 Å². The zero-order valence-electron chi connectivity index (χ0n) is 14.8. The van der Waals surface area contributed by atoms with Crippen molar-refractivity contribution in [2.75, 3.05) is 27.7 Å². The molecular weight excluding hydrogens is 251 g/mol. The van der Waals surface area contributed by atoms with Crippen molar-refractivity contribution in [3.63, 3.8) is 0 Å². The van der Waals surface area contributed by atoms with Gasteiger partial charge in [-0.05, 0) is 12.8 Å². The van der Waals surface area contributed by atoms with Gasteiger partial charge in [0, 0.05) is 0 Å². The molecule has 0 heterocycles. The molecule has 2 nitrogen and oxygen atoms in total. The third-order valence-electron chi connectivity index (χ3n) is 3.68. The summed E-state index contributed by atoms with van der Waals surface area (Å²) < 4.78 is 1.12. The van der Waals surface area contributed by atoms with Crippen molar-refractivity contribution in [2.24, 2.45) is 0 Å². The van der Waals surface area contributed by atoms with Crippen LogP contribution in [0.2, 0.25) is 0 Å². The lowest BCUT2D eigenvalue weighted by Gasteiger charge is -2.23. The zero-order valence-corrected chi connectivity index (χ0v) is 14.8. The summed E-state index contributed by atoms with van der Waals surface area (Å²) in [4.78, 5) is 0. The molecule has 0 radical (unpaired) electrons. The minimum absolute atomic E-state index is 0. The first kappa shape index (κ1) is 24.8. The Morgan fingerprint density at radius 3 is 1.15 bits per heavy atom. The summed E-state index contributed by atoms with van der Waals surface area (Å²) in [6, 6.07) is 0. The monoisotopic (exact) mass is 293 g/mol. The molecule has 0 aromatic heterocycles. The Kier molecular flexibility index (Phi) is 21.0. The molecule has 0 fully saturated rings. The minimum Gasteiger partial charge on any atom is -0.344 e. The molecule has 3 heteroatoms. The second kappa shape index (κ2) is 16.9. The molecule has 0 aliphatic carbocycles. The van der Waals surface area contributed by atoms with Gasteiger partial charge >= 0.3 is 0 Å². The molecule has 0 spiro atoms. The van der Waals surface area contributed by atoms with Gasteiger partial charge in [0.25, 0.3) is 0 Å². The van der Waals surface area contributed by atoms with Crippen molar-refractivity contribution in [2.45, 2.75) is 84.0 Å². The lowest BCUT2D eigenvalue weighted by molar-refractivity contribution is -0.870. The Bertz CT molecular complexity index is 167. The Balaban J connectivity index is -0.00000144. The lowest BCUT2D eigenvalue weighted by atomic mass is 10.1. The summed E-state index contributed by atoms with van der Waals surface area (Å²) in [6.45, 7) is 3.62. The topological polar surface area (TPSA) is 35.0 Å². The summed E-state index contributed by atoms with van der Waals surface area (Å²) in [5, 5.41) is 0. The van der Waals surface area contributed by atoms with Crippen molar-refractivity contribution in [1.82, 2.24) is 6.15 Å². The van der Waals surface area contributed by atoms with Gasteiger partial charge in [0.1, 0.15) is 0 Å². The summed E-state index contributed by atoms with van der Waals surface area (Å²) in [7, 11) is 6.87. The van der Waals surface area contributed by atoms with E-state index in [2.05, 4.69) is 28.1 Å². The van der Waals surface area contributed by atoms with Gasteiger partial charge < -0.3 is 10.6 Å². The summed E-state index contributed by atoms with van der Waals surface area (Å²) in [6.07, 6.45) is 17.4. The van der Waals surface area contributed by atoms with Crippen LogP contribution in [-0.2, 0) is 0 Å². The van der Waals surface area contributed by atoms with Crippen LogP contribution < -0.4 is 6.15 Å². The van der Waals surface area contributed by atoms with Crippen molar-refractivity contribution >= 4 is 0 Å². The zero-order chi connectivity index (χ0) is 13.7. The Morgan fingerprint density at radius 2 is 0.850 bits per heavy atom. The smallest absolute Gasteiger partial charge is 0.0780 e. The molecule has 3 N–H and O–H groups in total. The molecule has 0 amide bonds. The normalized spacial score (nSPS) is 10.8. The van der Waals surface area contributed by atoms with Crippen LogP contribution in [0.5, 0.6) is 0 Å². The first-order valence-electron chi connectivity index (χ1n) is 8.36. The Hall–Kier alpha value is -0.150. The highest BCUT2D eigenvalue weighted by Gasteiger charge is 2.04. The molecule has 0 unspecified atom stereocenters. The summed E-state index contributed by atoms with van der Waals surface area (Å²) in [5.41, 5.74) is 0. The van der Waals surface area contributed by atoms with Crippen LogP contribution in [0.3, 0.4) is 0 Å². The van der Waals surface area contributed by atoms with Gasteiger partial charge in [0.2, 0.25) is 0 Å². The number of rotatable bonds is 13. The van der Waals surface area contributed by atoms with Crippen LogP contribution in [0.15, 0.2) is 0 Å². The number of unbranched alkanes of at least 4 members (excludes halogenated alkanes) is 11. The quantitative estimate of drug-likeness (QED) is 0.342. The molecule has 0 aliphatic heterocycles. The molecule has 0 bridgehead atoms. The van der Waals surface area contributed by atoms with Gasteiger partial charge in [-0.3, -0.25) is 4.70 Å². The highest BCUT2D eigenvalue weighted by molar-refractivity contribution is 4.48. The average molecular weight is 294 g/mol. The fourth-order valence-electron chi connectivity index (χ4n) is 2.43. The highest BCUT2D eigenvalue weighted by Crippen LogP contribution is 2.12. The lowest BCUT2D eigenvalue weighted by Crippen LogP contribution is -2.35. The molecule has 20 heavy (non-hydrogen) atoms. The summed E-state index contributed by atoms with van der Waals surface area (Å²) >= 11 is 0. The van der Waals surface area contributed by atoms with Crippen molar-refractivity contribution in [3.05, 3.63) is 0 Å². The number of nitrogens with zero attached hydrogens (tertiary/aromatic N) is 1. The van der Waals surface area contributed by atoms with E-state index in [4.69, 9.17) is 0 Å². The maximum Gasteiger partial charge on any atom is 0.0780 e. The fraction of sp³-hybridized carbons (Fsp3) is 1.00. The van der Waals surface area contributed by atoms with Gasteiger partial charge in [-0.2, -0.15) is 0 Å². The molecular formula is C17H42FN2+. The Labute approximate surface area is 127 Å². The predicted molar refractivity (Wildman–Crippen MR) is 91.5 cm³/mol. The van der Waals surface area contributed by atoms with Crippen molar-refractivity contribution in [3.8, 4) is 0 Å². The van der Waals surface area contributed by atoms with Gasteiger partial charge in [-0.25, -0.2) is 0 Å². The second-order valence-corrected chi connectivity index (χ2v) is 6.90. The first-order valence-corrected chi connectivity index (χ1v) is 8.36. The number of hydrogen-bond acceptors (Lipinski definition) is 1. The van der Waals surface area contributed by atoms with Crippen LogP contribution in [0.25, 0.3) is 0 Å². The van der Waals surface area contributed by atoms with E-state index >= 15 is 0 Å². The summed E-state index contributed by atoms with van der Waals surface area (Å²) in [5.74, 6) is 0. The average Bonchev–Trinajstić information content (AvgIpc) is 2.29. The molecule has 0 aromatic rings. The van der Waals surface area contributed by atoms with E-state index in [0.717, 1.165) is 4.48 Å². The van der Waals surface area contributed by atoms with Crippen LogP contribution in [0, 0.1) is 0 Å². The third-order valence-corrected chi connectivity index (χ3v) is 3.68. The minimum atomic E-state index is 0. The molecule has 0 aromatic carbocycles. The number of quaternary nitrogens is 1. The maximum atomic E-state index is 2.29. The van der Waals surface area contributed by atoms with E-state index in [0.29, 0.717) is 0 Å². The molecule has 0 aliphatic rings. The Morgan fingerprint density at radius 1 is 0.550 bits per heavy atom. The van der Waals surface area contributed by atoms with Gasteiger partial charge in [-0.15, -0.1) is 0 Å². The fourth-order valence-corrected chi connectivity index (χ4v) is 2.43. The van der Waals surface area contributed by atoms with Gasteiger partial charge in [0.05, 0.1) is 27.7 Å². The van der Waals surface area contributed by atoms with Gasteiger partial charge in [0.15, 0.2) is 0 Å². The van der Waals surface area contributed by atoms with E-state index in [-0.39, 0.29) is 10.9 Å². The standard InChI is InChI=1S/C17H38N.FH.H3N/c1-5-6-7-8-9-10-11-12-13-14-15-16-17-18(2,3)4;;/h5-17H2,1-4H3;1H;1H3/q+1;;. The third kappa shape index (κ3) is 23.0. The largest absolute Gasteiger partial charge is 0.344 e. The molecule has 0 saturated heterocycles. The number of halogens is 1. The maximum absolute atomic E-state index is 2.29. The second-order valence-electron chi connectivity index (χ2n) is 6.90. The highest BCUT2D eigenvalue weighted by atomic mass is 19.0. The SMILES string of the molecule is CCCCCCCCCCCCCC[N+](C)(C)C.F.N.